The second-order valence-electron chi connectivity index (χ2n) is 4.40. The smallest absolute Gasteiger partial charge is 0.327 e. The fraction of sp³-hybridized carbons (Fsp3) is 0.462. The standard InChI is InChI=1S/C13H17NO3/c1-17-13(16)12(14-8-9-5-6-9)10-3-2-4-11(15)7-10/h2-4,7,9,12,14-15H,5-6,8H2,1H3. The number of esters is 1. The van der Waals surface area contributed by atoms with E-state index >= 15 is 0 Å². The van der Waals surface area contributed by atoms with Crippen LogP contribution in [0.15, 0.2) is 24.3 Å². The summed E-state index contributed by atoms with van der Waals surface area (Å²) < 4.78 is 4.78. The van der Waals surface area contributed by atoms with Crippen LogP contribution < -0.4 is 5.32 Å². The van der Waals surface area contributed by atoms with Gasteiger partial charge in [-0.1, -0.05) is 12.1 Å². The van der Waals surface area contributed by atoms with Crippen molar-refractivity contribution in [3.8, 4) is 5.75 Å². The zero-order valence-corrected chi connectivity index (χ0v) is 9.85. The molecule has 0 aliphatic heterocycles. The Labute approximate surface area is 101 Å². The van der Waals surface area contributed by atoms with Crippen LogP contribution in [-0.2, 0) is 9.53 Å². The van der Waals surface area contributed by atoms with Crippen LogP contribution in [0.3, 0.4) is 0 Å². The van der Waals surface area contributed by atoms with Crippen molar-refractivity contribution in [1.82, 2.24) is 5.32 Å². The summed E-state index contributed by atoms with van der Waals surface area (Å²) >= 11 is 0. The first-order valence-corrected chi connectivity index (χ1v) is 5.81. The molecule has 1 aliphatic rings. The minimum absolute atomic E-state index is 0.157. The van der Waals surface area contributed by atoms with Crippen molar-refractivity contribution in [3.05, 3.63) is 29.8 Å². The van der Waals surface area contributed by atoms with Gasteiger partial charge in [-0.05, 0) is 43.0 Å². The van der Waals surface area contributed by atoms with Gasteiger partial charge in [-0.25, -0.2) is 4.79 Å². The van der Waals surface area contributed by atoms with Crippen molar-refractivity contribution in [2.45, 2.75) is 18.9 Å². The number of rotatable bonds is 5. The topological polar surface area (TPSA) is 58.6 Å². The molecule has 0 spiro atoms. The molecule has 0 heterocycles. The van der Waals surface area contributed by atoms with Gasteiger partial charge in [0.25, 0.3) is 0 Å². The van der Waals surface area contributed by atoms with Crippen molar-refractivity contribution in [2.24, 2.45) is 5.92 Å². The van der Waals surface area contributed by atoms with Gasteiger partial charge < -0.3 is 15.2 Å². The van der Waals surface area contributed by atoms with Gasteiger partial charge in [0.15, 0.2) is 0 Å². The third-order valence-electron chi connectivity index (χ3n) is 2.95. The molecular formula is C13H17NO3. The van der Waals surface area contributed by atoms with E-state index in [1.165, 1.54) is 20.0 Å². The van der Waals surface area contributed by atoms with Crippen LogP contribution >= 0.6 is 0 Å². The molecule has 1 aromatic carbocycles. The van der Waals surface area contributed by atoms with E-state index in [9.17, 15) is 9.90 Å². The number of ether oxygens (including phenoxy) is 1. The van der Waals surface area contributed by atoms with Crippen molar-refractivity contribution < 1.29 is 14.6 Å². The highest BCUT2D eigenvalue weighted by Crippen LogP contribution is 2.29. The highest BCUT2D eigenvalue weighted by atomic mass is 16.5. The maximum atomic E-state index is 11.7. The van der Waals surface area contributed by atoms with Crippen molar-refractivity contribution in [1.29, 1.82) is 0 Å². The van der Waals surface area contributed by atoms with Crippen LogP contribution in [-0.4, -0.2) is 24.7 Å². The Balaban J connectivity index is 2.09. The average molecular weight is 235 g/mol. The lowest BCUT2D eigenvalue weighted by atomic mass is 10.1. The summed E-state index contributed by atoms with van der Waals surface area (Å²) in [6.45, 7) is 0.815. The first kappa shape index (κ1) is 11.9. The molecule has 1 saturated carbocycles. The number of carbonyl (C=O) groups is 1. The van der Waals surface area contributed by atoms with Gasteiger partial charge in [0.1, 0.15) is 11.8 Å². The molecule has 92 valence electrons. The fourth-order valence-electron chi connectivity index (χ4n) is 1.77. The number of phenolic OH excluding ortho intramolecular Hbond substituents is 1. The van der Waals surface area contributed by atoms with Crippen LogP contribution in [0.5, 0.6) is 5.75 Å². The summed E-state index contributed by atoms with van der Waals surface area (Å²) in [7, 11) is 1.37. The number of nitrogens with one attached hydrogen (secondary N) is 1. The molecule has 1 unspecified atom stereocenters. The predicted octanol–water partition coefficient (Wildman–Crippen LogP) is 1.61. The summed E-state index contributed by atoms with van der Waals surface area (Å²) in [4.78, 5) is 11.7. The lowest BCUT2D eigenvalue weighted by Crippen LogP contribution is -2.31. The van der Waals surface area contributed by atoms with Gasteiger partial charge in [0, 0.05) is 0 Å². The van der Waals surface area contributed by atoms with E-state index in [0.29, 0.717) is 5.92 Å². The van der Waals surface area contributed by atoms with Gasteiger partial charge in [0.05, 0.1) is 7.11 Å². The molecule has 1 aliphatic carbocycles. The van der Waals surface area contributed by atoms with Gasteiger partial charge in [0.2, 0.25) is 0 Å². The SMILES string of the molecule is COC(=O)C(NCC1CC1)c1cccc(O)c1. The minimum Gasteiger partial charge on any atom is -0.508 e. The molecule has 4 nitrogen and oxygen atoms in total. The normalized spacial score (nSPS) is 16.5. The Morgan fingerprint density at radius 1 is 1.59 bits per heavy atom. The molecule has 4 heteroatoms. The zero-order chi connectivity index (χ0) is 12.3. The van der Waals surface area contributed by atoms with Crippen LogP contribution in [0.25, 0.3) is 0 Å². The molecule has 2 rings (SSSR count). The summed E-state index contributed by atoms with van der Waals surface area (Å²) in [6, 6.07) is 6.20. The number of aromatic hydroxyl groups is 1. The van der Waals surface area contributed by atoms with Crippen LogP contribution in [0.4, 0.5) is 0 Å². The van der Waals surface area contributed by atoms with E-state index in [-0.39, 0.29) is 11.7 Å². The number of benzene rings is 1. The monoisotopic (exact) mass is 235 g/mol. The Morgan fingerprint density at radius 2 is 2.35 bits per heavy atom. The van der Waals surface area contributed by atoms with E-state index in [4.69, 9.17) is 4.74 Å². The minimum atomic E-state index is -0.493. The van der Waals surface area contributed by atoms with Crippen molar-refractivity contribution in [3.63, 3.8) is 0 Å². The predicted molar refractivity (Wildman–Crippen MR) is 63.6 cm³/mol. The molecule has 2 N–H and O–H groups in total. The lowest BCUT2D eigenvalue weighted by Gasteiger charge is -2.16. The fourth-order valence-corrected chi connectivity index (χ4v) is 1.77. The van der Waals surface area contributed by atoms with Crippen LogP contribution in [0.1, 0.15) is 24.4 Å². The van der Waals surface area contributed by atoms with Crippen LogP contribution in [0.2, 0.25) is 0 Å². The molecule has 1 fully saturated rings. The van der Waals surface area contributed by atoms with E-state index in [2.05, 4.69) is 5.32 Å². The Hall–Kier alpha value is -1.55. The lowest BCUT2D eigenvalue weighted by molar-refractivity contribution is -0.143. The van der Waals surface area contributed by atoms with E-state index in [0.717, 1.165) is 12.1 Å². The number of hydrogen-bond donors (Lipinski definition) is 2. The summed E-state index contributed by atoms with van der Waals surface area (Å²) in [5.41, 5.74) is 0.734. The van der Waals surface area contributed by atoms with Crippen molar-refractivity contribution >= 4 is 5.97 Å². The molecule has 1 atom stereocenters. The molecule has 1 aromatic rings. The largest absolute Gasteiger partial charge is 0.508 e. The zero-order valence-electron chi connectivity index (χ0n) is 9.85. The van der Waals surface area contributed by atoms with E-state index < -0.39 is 6.04 Å². The average Bonchev–Trinajstić information content (AvgIpc) is 3.13. The Kier molecular flexibility index (Phi) is 3.64. The summed E-state index contributed by atoms with van der Waals surface area (Å²) in [6.07, 6.45) is 2.45. The first-order chi connectivity index (χ1) is 8.20. The second kappa shape index (κ2) is 5.19. The molecule has 0 bridgehead atoms. The maximum absolute atomic E-state index is 11.7. The van der Waals surface area contributed by atoms with Gasteiger partial charge >= 0.3 is 5.97 Å². The maximum Gasteiger partial charge on any atom is 0.327 e. The molecule has 0 amide bonds. The third kappa shape index (κ3) is 3.20. The number of phenols is 1. The summed E-state index contributed by atoms with van der Waals surface area (Å²) in [5, 5.41) is 12.6. The second-order valence-corrected chi connectivity index (χ2v) is 4.40. The third-order valence-corrected chi connectivity index (χ3v) is 2.95. The molecule has 17 heavy (non-hydrogen) atoms. The van der Waals surface area contributed by atoms with Gasteiger partial charge in [-0.2, -0.15) is 0 Å². The van der Waals surface area contributed by atoms with Gasteiger partial charge in [-0.15, -0.1) is 0 Å². The number of carbonyl (C=O) groups excluding carboxylic acids is 1. The Morgan fingerprint density at radius 3 is 2.94 bits per heavy atom. The van der Waals surface area contributed by atoms with Crippen LogP contribution in [0, 0.1) is 5.92 Å². The number of methoxy groups -OCH3 is 1. The van der Waals surface area contributed by atoms with Gasteiger partial charge in [-0.3, -0.25) is 0 Å². The quantitative estimate of drug-likeness (QED) is 0.761. The highest BCUT2D eigenvalue weighted by Gasteiger charge is 2.26. The molecule has 0 radical (unpaired) electrons. The highest BCUT2D eigenvalue weighted by molar-refractivity contribution is 5.77. The molecule has 0 aromatic heterocycles. The first-order valence-electron chi connectivity index (χ1n) is 5.81. The number of hydrogen-bond acceptors (Lipinski definition) is 4. The molecular weight excluding hydrogens is 218 g/mol. The van der Waals surface area contributed by atoms with E-state index in [1.54, 1.807) is 24.3 Å². The summed E-state index contributed by atoms with van der Waals surface area (Å²) in [5.74, 6) is 0.514. The molecule has 0 saturated heterocycles. The van der Waals surface area contributed by atoms with E-state index in [1.807, 2.05) is 0 Å². The Bertz CT molecular complexity index is 401. The van der Waals surface area contributed by atoms with Crippen molar-refractivity contribution in [2.75, 3.05) is 13.7 Å².